The predicted molar refractivity (Wildman–Crippen MR) is 95.6 cm³/mol. The monoisotopic (exact) mass is 348 g/mol. The molecule has 1 N–H and O–H groups in total. The minimum Gasteiger partial charge on any atom is -0.497 e. The fourth-order valence-electron chi connectivity index (χ4n) is 3.19. The zero-order valence-corrected chi connectivity index (χ0v) is 15.7. The van der Waals surface area contributed by atoms with Crippen molar-refractivity contribution in [2.75, 3.05) is 27.7 Å². The summed E-state index contributed by atoms with van der Waals surface area (Å²) in [7, 11) is 5.50. The van der Waals surface area contributed by atoms with Crippen molar-refractivity contribution in [1.82, 2.24) is 9.80 Å². The van der Waals surface area contributed by atoms with E-state index in [1.54, 1.807) is 12.0 Å². The quantitative estimate of drug-likeness (QED) is 0.855. The van der Waals surface area contributed by atoms with E-state index in [2.05, 4.69) is 0 Å². The van der Waals surface area contributed by atoms with Crippen molar-refractivity contribution >= 4 is 11.9 Å². The number of aliphatic carboxylic acids is 1. The Morgan fingerprint density at radius 2 is 2.08 bits per heavy atom. The number of ether oxygens (including phenoxy) is 1. The van der Waals surface area contributed by atoms with Gasteiger partial charge in [0.25, 0.3) is 0 Å². The topological polar surface area (TPSA) is 70.1 Å². The van der Waals surface area contributed by atoms with Gasteiger partial charge in [-0.05, 0) is 52.1 Å². The number of amides is 1. The maximum Gasteiger partial charge on any atom is 0.308 e. The van der Waals surface area contributed by atoms with Crippen LogP contribution in [0.3, 0.4) is 0 Å². The third-order valence-electron chi connectivity index (χ3n) is 5.23. The summed E-state index contributed by atoms with van der Waals surface area (Å²) in [6, 6.07) is 6.86. The Labute approximate surface area is 149 Å². The first-order valence-corrected chi connectivity index (χ1v) is 8.51. The van der Waals surface area contributed by atoms with Gasteiger partial charge in [0.15, 0.2) is 0 Å². The molecule has 0 aliphatic carbocycles. The van der Waals surface area contributed by atoms with Crippen LogP contribution in [0.2, 0.25) is 0 Å². The molecule has 0 bridgehead atoms. The van der Waals surface area contributed by atoms with Gasteiger partial charge in [0.1, 0.15) is 5.75 Å². The first kappa shape index (κ1) is 19.2. The first-order chi connectivity index (χ1) is 11.7. The molecule has 0 radical (unpaired) electrons. The number of carbonyl (C=O) groups excluding carboxylic acids is 1. The summed E-state index contributed by atoms with van der Waals surface area (Å²) in [5.41, 5.74) is 0.530. The van der Waals surface area contributed by atoms with Gasteiger partial charge in [-0.3, -0.25) is 9.59 Å². The van der Waals surface area contributed by atoms with Crippen LogP contribution in [-0.4, -0.2) is 60.1 Å². The van der Waals surface area contributed by atoms with Crippen LogP contribution in [0.15, 0.2) is 24.3 Å². The minimum absolute atomic E-state index is 0.000227. The zero-order valence-electron chi connectivity index (χ0n) is 15.7. The number of piperidine rings is 1. The zero-order chi connectivity index (χ0) is 18.8. The van der Waals surface area contributed by atoms with Crippen molar-refractivity contribution in [2.24, 2.45) is 5.92 Å². The van der Waals surface area contributed by atoms with E-state index in [1.165, 1.54) is 0 Å². The summed E-state index contributed by atoms with van der Waals surface area (Å²) in [5.74, 6) is -0.831. The summed E-state index contributed by atoms with van der Waals surface area (Å²) < 4.78 is 5.28. The lowest BCUT2D eigenvalue weighted by Gasteiger charge is -2.45. The number of rotatable bonds is 6. The summed E-state index contributed by atoms with van der Waals surface area (Å²) in [5, 5.41) is 9.73. The van der Waals surface area contributed by atoms with E-state index in [4.69, 9.17) is 4.74 Å². The molecule has 25 heavy (non-hydrogen) atoms. The largest absolute Gasteiger partial charge is 0.497 e. The van der Waals surface area contributed by atoms with Crippen LogP contribution in [0.25, 0.3) is 0 Å². The molecule has 0 unspecified atom stereocenters. The molecule has 1 aliphatic rings. The molecule has 0 aromatic heterocycles. The molecule has 6 heteroatoms. The lowest BCUT2D eigenvalue weighted by Crippen LogP contribution is -2.54. The number of hydrogen-bond donors (Lipinski definition) is 1. The van der Waals surface area contributed by atoms with E-state index in [0.717, 1.165) is 5.56 Å². The van der Waals surface area contributed by atoms with Gasteiger partial charge in [0, 0.05) is 18.5 Å². The van der Waals surface area contributed by atoms with Crippen molar-refractivity contribution in [1.29, 1.82) is 0 Å². The molecule has 1 fully saturated rings. The maximum absolute atomic E-state index is 12.7. The van der Waals surface area contributed by atoms with E-state index in [1.807, 2.05) is 57.1 Å². The lowest BCUT2D eigenvalue weighted by atomic mass is 9.83. The highest BCUT2D eigenvalue weighted by Gasteiger charge is 2.43. The molecule has 1 aromatic carbocycles. The summed E-state index contributed by atoms with van der Waals surface area (Å²) in [6.07, 6.45) is 0.621. The highest BCUT2D eigenvalue weighted by atomic mass is 16.5. The normalized spacial score (nSPS) is 21.5. The molecule has 1 aromatic rings. The standard InChI is InChI=1S/C19H28N2O4/c1-19(2,20(3)4)12-21-16(22)10-9-15(18(23)24)17(21)13-7-6-8-14(11-13)25-5/h6-8,11,15,17H,9-10,12H2,1-5H3,(H,23,24)/t15-,17+/m1/s1. The highest BCUT2D eigenvalue weighted by Crippen LogP contribution is 2.39. The highest BCUT2D eigenvalue weighted by molar-refractivity contribution is 5.82. The molecule has 6 nitrogen and oxygen atoms in total. The Morgan fingerprint density at radius 3 is 2.64 bits per heavy atom. The van der Waals surface area contributed by atoms with Crippen LogP contribution < -0.4 is 4.74 Å². The number of carboxylic acid groups (broad SMARTS) is 1. The molecule has 1 aliphatic heterocycles. The van der Waals surface area contributed by atoms with Gasteiger partial charge in [-0.15, -0.1) is 0 Å². The average Bonchev–Trinajstić information content (AvgIpc) is 2.56. The van der Waals surface area contributed by atoms with Crippen molar-refractivity contribution in [2.45, 2.75) is 38.3 Å². The van der Waals surface area contributed by atoms with Gasteiger partial charge in [-0.2, -0.15) is 0 Å². The van der Waals surface area contributed by atoms with E-state index >= 15 is 0 Å². The van der Waals surface area contributed by atoms with E-state index < -0.39 is 17.9 Å². The van der Waals surface area contributed by atoms with Crippen molar-refractivity contribution in [3.8, 4) is 5.75 Å². The molecule has 2 atom stereocenters. The van der Waals surface area contributed by atoms with E-state index in [9.17, 15) is 14.7 Å². The van der Waals surface area contributed by atoms with E-state index in [0.29, 0.717) is 18.7 Å². The third-order valence-corrected chi connectivity index (χ3v) is 5.23. The molecular formula is C19H28N2O4. The van der Waals surface area contributed by atoms with Crippen molar-refractivity contribution in [3.63, 3.8) is 0 Å². The summed E-state index contributed by atoms with van der Waals surface area (Å²) >= 11 is 0. The number of carboxylic acids is 1. The number of likely N-dealkylation sites (N-methyl/N-ethyl adjacent to an activating group) is 1. The fourth-order valence-corrected chi connectivity index (χ4v) is 3.19. The Hall–Kier alpha value is -2.08. The van der Waals surface area contributed by atoms with Crippen LogP contribution in [0.1, 0.15) is 38.3 Å². The number of carbonyl (C=O) groups is 2. The van der Waals surface area contributed by atoms with Crippen LogP contribution in [0.5, 0.6) is 5.75 Å². The number of hydrogen-bond acceptors (Lipinski definition) is 4. The average molecular weight is 348 g/mol. The van der Waals surface area contributed by atoms with Crippen LogP contribution >= 0.6 is 0 Å². The van der Waals surface area contributed by atoms with Gasteiger partial charge >= 0.3 is 5.97 Å². The molecule has 0 spiro atoms. The number of benzene rings is 1. The summed E-state index contributed by atoms with van der Waals surface area (Å²) in [4.78, 5) is 28.3. The van der Waals surface area contributed by atoms with Crippen LogP contribution in [-0.2, 0) is 9.59 Å². The number of nitrogens with zero attached hydrogens (tertiary/aromatic N) is 2. The Kier molecular flexibility index (Phi) is 5.72. The Balaban J connectivity index is 2.47. The number of likely N-dealkylation sites (tertiary alicyclic amines) is 1. The second kappa shape index (κ2) is 7.44. The second-order valence-electron chi connectivity index (χ2n) is 7.43. The molecule has 1 heterocycles. The first-order valence-electron chi connectivity index (χ1n) is 8.51. The molecule has 1 amide bonds. The van der Waals surface area contributed by atoms with Gasteiger partial charge in [0.05, 0.1) is 19.1 Å². The molecule has 0 saturated carbocycles. The fraction of sp³-hybridized carbons (Fsp3) is 0.579. The lowest BCUT2D eigenvalue weighted by molar-refractivity contribution is -0.153. The van der Waals surface area contributed by atoms with Gasteiger partial charge < -0.3 is 19.6 Å². The minimum atomic E-state index is -0.868. The number of methoxy groups -OCH3 is 1. The molecule has 2 rings (SSSR count). The Bertz CT molecular complexity index is 642. The molecule has 138 valence electrons. The van der Waals surface area contributed by atoms with Crippen LogP contribution in [0, 0.1) is 5.92 Å². The third kappa shape index (κ3) is 4.12. The van der Waals surface area contributed by atoms with Crippen molar-refractivity contribution < 1.29 is 19.4 Å². The van der Waals surface area contributed by atoms with Gasteiger partial charge in [-0.1, -0.05) is 12.1 Å². The van der Waals surface area contributed by atoms with E-state index in [-0.39, 0.29) is 17.9 Å². The Morgan fingerprint density at radius 1 is 1.40 bits per heavy atom. The predicted octanol–water partition coefficient (Wildman–Crippen LogP) is 2.40. The smallest absolute Gasteiger partial charge is 0.308 e. The maximum atomic E-state index is 12.7. The molecule has 1 saturated heterocycles. The summed E-state index contributed by atoms with van der Waals surface area (Å²) in [6.45, 7) is 4.56. The van der Waals surface area contributed by atoms with Gasteiger partial charge in [-0.25, -0.2) is 0 Å². The second-order valence-corrected chi connectivity index (χ2v) is 7.43. The molecular weight excluding hydrogens is 320 g/mol. The van der Waals surface area contributed by atoms with Crippen LogP contribution in [0.4, 0.5) is 0 Å². The van der Waals surface area contributed by atoms with Gasteiger partial charge in [0.2, 0.25) is 5.91 Å². The SMILES string of the molecule is COc1cccc([C@H]2[C@H](C(=O)O)CCC(=O)N2CC(C)(C)N(C)C)c1. The van der Waals surface area contributed by atoms with Crippen molar-refractivity contribution in [3.05, 3.63) is 29.8 Å².